The van der Waals surface area contributed by atoms with Crippen molar-refractivity contribution in [2.45, 2.75) is 6.42 Å². The number of para-hydroxylation sites is 1. The Morgan fingerprint density at radius 1 is 1.38 bits per heavy atom. The molecule has 1 aliphatic rings. The number of aliphatic carboxylic acids is 1. The van der Waals surface area contributed by atoms with E-state index in [0.717, 1.165) is 11.3 Å². The fourth-order valence-corrected chi connectivity index (χ4v) is 1.59. The number of hydrogen-bond donors (Lipinski definition) is 1. The minimum absolute atomic E-state index is 0.110. The van der Waals surface area contributed by atoms with Crippen LogP contribution < -0.4 is 4.90 Å². The van der Waals surface area contributed by atoms with Crippen LogP contribution >= 0.6 is 0 Å². The van der Waals surface area contributed by atoms with Crippen LogP contribution in [-0.2, 0) is 4.79 Å². The number of anilines is 1. The molecule has 1 N–H and O–H groups in total. The smallest absolute Gasteiger partial charge is 0.305 e. The van der Waals surface area contributed by atoms with Gasteiger partial charge in [-0.2, -0.15) is 0 Å². The number of hydrogen-bond acceptors (Lipinski definition) is 3. The SMILES string of the molecule is O=C(O)CCN1C=CN=Cc2ccccc21. The molecule has 0 amide bonds. The fraction of sp³-hybridized carbons (Fsp3) is 0.167. The summed E-state index contributed by atoms with van der Waals surface area (Å²) in [7, 11) is 0. The highest BCUT2D eigenvalue weighted by Crippen LogP contribution is 2.21. The second-order valence-electron chi connectivity index (χ2n) is 3.47. The van der Waals surface area contributed by atoms with Crippen LogP contribution in [0.25, 0.3) is 0 Å². The molecule has 0 saturated heterocycles. The Kier molecular flexibility index (Phi) is 3.00. The summed E-state index contributed by atoms with van der Waals surface area (Å²) in [6, 6.07) is 7.78. The molecule has 82 valence electrons. The highest BCUT2D eigenvalue weighted by Gasteiger charge is 2.10. The molecule has 1 aromatic carbocycles. The molecule has 4 nitrogen and oxygen atoms in total. The molecule has 0 bridgehead atoms. The van der Waals surface area contributed by atoms with Gasteiger partial charge in [0.1, 0.15) is 0 Å². The zero-order valence-corrected chi connectivity index (χ0v) is 8.71. The minimum atomic E-state index is -0.795. The maximum absolute atomic E-state index is 10.6. The Bertz CT molecular complexity index is 452. The number of fused-ring (bicyclic) bond motifs is 1. The lowest BCUT2D eigenvalue weighted by Crippen LogP contribution is -2.20. The van der Waals surface area contributed by atoms with Crippen molar-refractivity contribution in [2.24, 2.45) is 4.99 Å². The normalized spacial score (nSPS) is 13.4. The van der Waals surface area contributed by atoms with Crippen LogP contribution in [0.4, 0.5) is 5.69 Å². The molecule has 0 saturated carbocycles. The average Bonchev–Trinajstić information content (AvgIpc) is 2.48. The first-order valence-electron chi connectivity index (χ1n) is 5.05. The molecule has 0 aromatic heterocycles. The zero-order valence-electron chi connectivity index (χ0n) is 8.71. The standard InChI is InChI=1S/C12H12N2O2/c15-12(16)5-7-14-8-6-13-9-10-3-1-2-4-11(10)14/h1-4,6,8-9H,5,7H2,(H,15,16). The van der Waals surface area contributed by atoms with Crippen molar-refractivity contribution in [3.05, 3.63) is 42.2 Å². The van der Waals surface area contributed by atoms with Crippen LogP contribution in [0, 0.1) is 0 Å². The van der Waals surface area contributed by atoms with Gasteiger partial charge < -0.3 is 10.0 Å². The largest absolute Gasteiger partial charge is 0.481 e. The van der Waals surface area contributed by atoms with Crippen LogP contribution in [0.1, 0.15) is 12.0 Å². The lowest BCUT2D eigenvalue weighted by Gasteiger charge is -2.20. The lowest BCUT2D eigenvalue weighted by atomic mass is 10.1. The third-order valence-corrected chi connectivity index (χ3v) is 2.36. The molecule has 4 heteroatoms. The Hall–Kier alpha value is -2.10. The van der Waals surface area contributed by atoms with Gasteiger partial charge in [0.25, 0.3) is 0 Å². The van der Waals surface area contributed by atoms with Gasteiger partial charge in [0.2, 0.25) is 0 Å². The van der Waals surface area contributed by atoms with Gasteiger partial charge in [-0.3, -0.25) is 9.79 Å². The summed E-state index contributed by atoms with van der Waals surface area (Å²) in [5, 5.41) is 8.68. The van der Waals surface area contributed by atoms with E-state index in [0.29, 0.717) is 6.54 Å². The third kappa shape index (κ3) is 2.28. The first-order valence-corrected chi connectivity index (χ1v) is 5.05. The first kappa shape index (κ1) is 10.4. The number of carbonyl (C=O) groups is 1. The Morgan fingerprint density at radius 2 is 2.19 bits per heavy atom. The van der Waals surface area contributed by atoms with E-state index in [1.807, 2.05) is 29.2 Å². The van der Waals surface area contributed by atoms with Gasteiger partial charge in [-0.25, -0.2) is 0 Å². The van der Waals surface area contributed by atoms with E-state index in [9.17, 15) is 4.79 Å². The molecular weight excluding hydrogens is 204 g/mol. The maximum Gasteiger partial charge on any atom is 0.305 e. The summed E-state index contributed by atoms with van der Waals surface area (Å²) in [4.78, 5) is 16.6. The minimum Gasteiger partial charge on any atom is -0.481 e. The molecule has 0 atom stereocenters. The highest BCUT2D eigenvalue weighted by molar-refractivity contribution is 5.89. The summed E-state index contributed by atoms with van der Waals surface area (Å²) in [6.45, 7) is 0.451. The van der Waals surface area contributed by atoms with E-state index in [1.165, 1.54) is 0 Å². The highest BCUT2D eigenvalue weighted by atomic mass is 16.4. The number of aliphatic imine (C=N–C) groups is 1. The van der Waals surface area contributed by atoms with Crippen molar-refractivity contribution < 1.29 is 9.90 Å². The Balaban J connectivity index is 2.24. The predicted molar refractivity (Wildman–Crippen MR) is 62.8 cm³/mol. The summed E-state index contributed by atoms with van der Waals surface area (Å²) in [6.07, 6.45) is 5.35. The van der Waals surface area contributed by atoms with E-state index in [4.69, 9.17) is 5.11 Å². The van der Waals surface area contributed by atoms with Crippen molar-refractivity contribution in [1.29, 1.82) is 0 Å². The summed E-state index contributed by atoms with van der Waals surface area (Å²) >= 11 is 0. The third-order valence-electron chi connectivity index (χ3n) is 2.36. The van der Waals surface area contributed by atoms with Crippen LogP contribution in [-0.4, -0.2) is 23.8 Å². The Morgan fingerprint density at radius 3 is 3.00 bits per heavy atom. The van der Waals surface area contributed by atoms with Crippen LogP contribution in [0.15, 0.2) is 41.7 Å². The van der Waals surface area contributed by atoms with Gasteiger partial charge in [-0.05, 0) is 6.07 Å². The van der Waals surface area contributed by atoms with Gasteiger partial charge in [0, 0.05) is 36.4 Å². The summed E-state index contributed by atoms with van der Waals surface area (Å²) < 4.78 is 0. The number of carboxylic acid groups (broad SMARTS) is 1. The topological polar surface area (TPSA) is 52.9 Å². The van der Waals surface area contributed by atoms with Crippen molar-refractivity contribution in [3.63, 3.8) is 0 Å². The molecule has 16 heavy (non-hydrogen) atoms. The number of carboxylic acids is 1. The van der Waals surface area contributed by atoms with Gasteiger partial charge >= 0.3 is 5.97 Å². The Labute approximate surface area is 93.5 Å². The number of rotatable bonds is 3. The predicted octanol–water partition coefficient (Wildman–Crippen LogP) is 1.87. The molecule has 0 spiro atoms. The second-order valence-corrected chi connectivity index (χ2v) is 3.47. The van der Waals surface area contributed by atoms with Crippen molar-refractivity contribution in [1.82, 2.24) is 0 Å². The fourth-order valence-electron chi connectivity index (χ4n) is 1.59. The molecule has 0 fully saturated rings. The molecule has 1 heterocycles. The second kappa shape index (κ2) is 4.61. The van der Waals surface area contributed by atoms with E-state index in [2.05, 4.69) is 4.99 Å². The molecule has 0 aliphatic carbocycles. The van der Waals surface area contributed by atoms with Gasteiger partial charge in [-0.15, -0.1) is 0 Å². The van der Waals surface area contributed by atoms with Crippen molar-refractivity contribution in [2.75, 3.05) is 11.4 Å². The zero-order chi connectivity index (χ0) is 11.4. The summed E-state index contributed by atoms with van der Waals surface area (Å²) in [5.74, 6) is -0.795. The van der Waals surface area contributed by atoms with Gasteiger partial charge in [0.05, 0.1) is 6.42 Å². The van der Waals surface area contributed by atoms with Crippen LogP contribution in [0.2, 0.25) is 0 Å². The molecule has 0 unspecified atom stereocenters. The monoisotopic (exact) mass is 216 g/mol. The van der Waals surface area contributed by atoms with Crippen molar-refractivity contribution >= 4 is 17.9 Å². The van der Waals surface area contributed by atoms with Crippen LogP contribution in [0.5, 0.6) is 0 Å². The summed E-state index contributed by atoms with van der Waals surface area (Å²) in [5.41, 5.74) is 1.99. The molecule has 2 rings (SSSR count). The van der Waals surface area contributed by atoms with Gasteiger partial charge in [-0.1, -0.05) is 18.2 Å². The molecular formula is C12H12N2O2. The van der Waals surface area contributed by atoms with Crippen molar-refractivity contribution in [3.8, 4) is 0 Å². The van der Waals surface area contributed by atoms with E-state index < -0.39 is 5.97 Å². The van der Waals surface area contributed by atoms with Crippen LogP contribution in [0.3, 0.4) is 0 Å². The van der Waals surface area contributed by atoms with E-state index >= 15 is 0 Å². The van der Waals surface area contributed by atoms with E-state index in [1.54, 1.807) is 18.6 Å². The number of nitrogens with zero attached hydrogens (tertiary/aromatic N) is 2. The van der Waals surface area contributed by atoms with Gasteiger partial charge in [0.15, 0.2) is 0 Å². The average molecular weight is 216 g/mol. The maximum atomic E-state index is 10.6. The first-order chi connectivity index (χ1) is 7.77. The molecule has 0 radical (unpaired) electrons. The number of benzene rings is 1. The van der Waals surface area contributed by atoms with E-state index in [-0.39, 0.29) is 6.42 Å². The lowest BCUT2D eigenvalue weighted by molar-refractivity contribution is -0.136. The molecule has 1 aliphatic heterocycles. The molecule has 1 aromatic rings. The quantitative estimate of drug-likeness (QED) is 0.839.